The van der Waals surface area contributed by atoms with Crippen molar-refractivity contribution in [2.45, 2.75) is 6.42 Å². The Balaban J connectivity index is 2.91. The van der Waals surface area contributed by atoms with Crippen LogP contribution in [-0.2, 0) is 0 Å². The van der Waals surface area contributed by atoms with Crippen LogP contribution >= 0.6 is 0 Å². The topological polar surface area (TPSA) is 24.7 Å². The van der Waals surface area contributed by atoms with E-state index in [-0.39, 0.29) is 0 Å². The minimum atomic E-state index is 0.845. The van der Waals surface area contributed by atoms with E-state index in [4.69, 9.17) is 0 Å². The van der Waals surface area contributed by atoms with Gasteiger partial charge in [0.15, 0.2) is 0 Å². The van der Waals surface area contributed by atoms with Crippen LogP contribution in [0.2, 0.25) is 0 Å². The van der Waals surface area contributed by atoms with Gasteiger partial charge in [0.1, 0.15) is 0 Å². The van der Waals surface area contributed by atoms with Crippen LogP contribution in [0.3, 0.4) is 0 Å². The van der Waals surface area contributed by atoms with Crippen molar-refractivity contribution < 1.29 is 0 Å². The Hall–Kier alpha value is -1.18. The molecule has 0 unspecified atom stereocenters. The van der Waals surface area contributed by atoms with E-state index in [1.165, 1.54) is 0 Å². The lowest BCUT2D eigenvalue weighted by Crippen LogP contribution is -1.73. The maximum Gasteiger partial charge on any atom is 0.0837 e. The summed E-state index contributed by atoms with van der Waals surface area (Å²) >= 11 is 0. The van der Waals surface area contributed by atoms with E-state index in [9.17, 15) is 0 Å². The Bertz CT molecular complexity index is 199. The van der Waals surface area contributed by atoms with Crippen LogP contribution in [0, 0.1) is 0 Å². The molecule has 46 valence electrons. The third-order valence-electron chi connectivity index (χ3n) is 1.24. The lowest BCUT2D eigenvalue weighted by Gasteiger charge is -1.90. The SMILES string of the molecule is C=NC1=C(N=C)CC=C1. The van der Waals surface area contributed by atoms with E-state index in [2.05, 4.69) is 23.4 Å². The molecule has 2 nitrogen and oxygen atoms in total. The number of aliphatic imine (C=N–C) groups is 2. The second-order valence-electron chi connectivity index (χ2n) is 1.75. The highest BCUT2D eigenvalue weighted by molar-refractivity contribution is 5.42. The molecule has 0 aliphatic heterocycles. The van der Waals surface area contributed by atoms with Gasteiger partial charge in [-0.2, -0.15) is 0 Å². The molecule has 0 aromatic carbocycles. The Labute approximate surface area is 54.3 Å². The third-order valence-corrected chi connectivity index (χ3v) is 1.24. The fourth-order valence-corrected chi connectivity index (χ4v) is 0.772. The molecular formula is C7H8N2. The molecule has 1 aliphatic rings. The standard InChI is InChI=1S/C7H8N2/c1-8-6-4-3-5-7(6)9-2/h3-4H,1-2,5H2. The van der Waals surface area contributed by atoms with Gasteiger partial charge in [0.2, 0.25) is 0 Å². The Kier molecular flexibility index (Phi) is 1.58. The fourth-order valence-electron chi connectivity index (χ4n) is 0.772. The van der Waals surface area contributed by atoms with Crippen LogP contribution in [0.15, 0.2) is 33.5 Å². The van der Waals surface area contributed by atoms with E-state index >= 15 is 0 Å². The molecular weight excluding hydrogens is 112 g/mol. The molecule has 0 fully saturated rings. The van der Waals surface area contributed by atoms with Crippen LogP contribution in [0.5, 0.6) is 0 Å². The highest BCUT2D eigenvalue weighted by Crippen LogP contribution is 2.19. The Morgan fingerprint density at radius 2 is 2.11 bits per heavy atom. The van der Waals surface area contributed by atoms with Crippen LogP contribution in [-0.4, -0.2) is 13.4 Å². The van der Waals surface area contributed by atoms with Gasteiger partial charge in [-0.1, -0.05) is 6.08 Å². The molecule has 0 bridgehead atoms. The molecule has 0 aromatic rings. The molecule has 2 heteroatoms. The van der Waals surface area contributed by atoms with Gasteiger partial charge in [0.05, 0.1) is 11.4 Å². The summed E-state index contributed by atoms with van der Waals surface area (Å²) in [5.41, 5.74) is 1.77. The highest BCUT2D eigenvalue weighted by Gasteiger charge is 2.03. The molecule has 9 heavy (non-hydrogen) atoms. The maximum absolute atomic E-state index is 3.77. The van der Waals surface area contributed by atoms with Crippen molar-refractivity contribution in [3.8, 4) is 0 Å². The lowest BCUT2D eigenvalue weighted by atomic mass is 10.4. The van der Waals surface area contributed by atoms with Crippen LogP contribution in [0.1, 0.15) is 6.42 Å². The monoisotopic (exact) mass is 120 g/mol. The number of hydrogen-bond donors (Lipinski definition) is 0. The summed E-state index contributed by atoms with van der Waals surface area (Å²) in [5.74, 6) is 0. The van der Waals surface area contributed by atoms with E-state index in [1.54, 1.807) is 0 Å². The van der Waals surface area contributed by atoms with Gasteiger partial charge in [0.25, 0.3) is 0 Å². The molecule has 0 heterocycles. The average Bonchev–Trinajstić information content (AvgIpc) is 2.33. The number of hydrogen-bond acceptors (Lipinski definition) is 2. The third kappa shape index (κ3) is 0.964. The first-order chi connectivity index (χ1) is 4.38. The number of rotatable bonds is 2. The molecule has 0 saturated heterocycles. The summed E-state index contributed by atoms with van der Waals surface area (Å²) in [6.07, 6.45) is 4.74. The minimum absolute atomic E-state index is 0.845. The van der Waals surface area contributed by atoms with Crippen LogP contribution < -0.4 is 0 Å². The molecule has 0 N–H and O–H groups in total. The van der Waals surface area contributed by atoms with Crippen molar-refractivity contribution in [3.05, 3.63) is 23.5 Å². The van der Waals surface area contributed by atoms with E-state index in [1.807, 2.05) is 12.2 Å². The maximum atomic E-state index is 3.77. The molecule has 0 saturated carbocycles. The first-order valence-corrected chi connectivity index (χ1v) is 2.71. The van der Waals surface area contributed by atoms with Gasteiger partial charge in [-0.15, -0.1) is 0 Å². The average molecular weight is 120 g/mol. The normalized spacial score (nSPS) is 16.4. The van der Waals surface area contributed by atoms with Crippen LogP contribution in [0.4, 0.5) is 0 Å². The summed E-state index contributed by atoms with van der Waals surface area (Å²) in [7, 11) is 0. The summed E-state index contributed by atoms with van der Waals surface area (Å²) in [5, 5.41) is 0. The first-order valence-electron chi connectivity index (χ1n) is 2.71. The number of nitrogens with zero attached hydrogens (tertiary/aromatic N) is 2. The second-order valence-corrected chi connectivity index (χ2v) is 1.75. The van der Waals surface area contributed by atoms with Crippen molar-refractivity contribution in [2.75, 3.05) is 0 Å². The molecule has 0 spiro atoms. The van der Waals surface area contributed by atoms with Crippen molar-refractivity contribution in [1.82, 2.24) is 0 Å². The zero-order valence-corrected chi connectivity index (χ0v) is 5.17. The second kappa shape index (κ2) is 2.40. The molecule has 0 aromatic heterocycles. The molecule has 0 radical (unpaired) electrons. The lowest BCUT2D eigenvalue weighted by molar-refractivity contribution is 1.17. The number of allylic oxidation sites excluding steroid dienone is 2. The Morgan fingerprint density at radius 3 is 2.56 bits per heavy atom. The molecule has 1 rings (SSSR count). The summed E-state index contributed by atoms with van der Waals surface area (Å²) < 4.78 is 0. The van der Waals surface area contributed by atoms with E-state index < -0.39 is 0 Å². The molecule has 1 aliphatic carbocycles. The zero-order chi connectivity index (χ0) is 6.69. The van der Waals surface area contributed by atoms with Crippen molar-refractivity contribution >= 4 is 13.4 Å². The molecule has 0 amide bonds. The minimum Gasteiger partial charge on any atom is -0.266 e. The highest BCUT2D eigenvalue weighted by atomic mass is 14.8. The van der Waals surface area contributed by atoms with Crippen molar-refractivity contribution in [1.29, 1.82) is 0 Å². The van der Waals surface area contributed by atoms with Gasteiger partial charge in [-0.3, -0.25) is 9.98 Å². The van der Waals surface area contributed by atoms with E-state index in [0.717, 1.165) is 17.8 Å². The summed E-state index contributed by atoms with van der Waals surface area (Å²) in [6.45, 7) is 6.80. The summed E-state index contributed by atoms with van der Waals surface area (Å²) in [6, 6.07) is 0. The van der Waals surface area contributed by atoms with E-state index in [0.29, 0.717) is 0 Å². The zero-order valence-electron chi connectivity index (χ0n) is 5.17. The van der Waals surface area contributed by atoms with Gasteiger partial charge in [-0.25, -0.2) is 0 Å². The summed E-state index contributed by atoms with van der Waals surface area (Å²) in [4.78, 5) is 7.52. The van der Waals surface area contributed by atoms with Gasteiger partial charge >= 0.3 is 0 Å². The first kappa shape index (κ1) is 5.95. The van der Waals surface area contributed by atoms with Crippen molar-refractivity contribution in [3.63, 3.8) is 0 Å². The van der Waals surface area contributed by atoms with Gasteiger partial charge in [0, 0.05) is 6.42 Å². The Morgan fingerprint density at radius 1 is 1.33 bits per heavy atom. The van der Waals surface area contributed by atoms with Gasteiger partial charge in [-0.05, 0) is 19.5 Å². The largest absolute Gasteiger partial charge is 0.266 e. The fraction of sp³-hybridized carbons (Fsp3) is 0.143. The predicted molar refractivity (Wildman–Crippen MR) is 39.9 cm³/mol. The predicted octanol–water partition coefficient (Wildman–Crippen LogP) is 1.56. The quantitative estimate of drug-likeness (QED) is 0.494. The van der Waals surface area contributed by atoms with Crippen LogP contribution in [0.25, 0.3) is 0 Å². The van der Waals surface area contributed by atoms with Gasteiger partial charge < -0.3 is 0 Å². The molecule has 0 atom stereocenters. The smallest absolute Gasteiger partial charge is 0.0837 e. The van der Waals surface area contributed by atoms with Crippen molar-refractivity contribution in [2.24, 2.45) is 9.98 Å².